The number of benzene rings is 1. The number of aryl methyl sites for hydroxylation is 2. The van der Waals surface area contributed by atoms with Crippen LogP contribution in [0.15, 0.2) is 29.1 Å². The molecule has 1 amide bonds. The summed E-state index contributed by atoms with van der Waals surface area (Å²) in [4.78, 5) is 25.3. The molecule has 0 radical (unpaired) electrons. The molecule has 1 N–H and O–H groups in total. The van der Waals surface area contributed by atoms with Crippen LogP contribution < -0.4 is 10.9 Å². The second kappa shape index (κ2) is 8.03. The Morgan fingerprint density at radius 3 is 2.89 bits per heavy atom. The van der Waals surface area contributed by atoms with E-state index in [1.807, 2.05) is 31.2 Å². The fraction of sp³-hybridized carbons (Fsp3) is 0.500. The molecule has 2 heterocycles. The first-order valence-corrected chi connectivity index (χ1v) is 11.0. The Morgan fingerprint density at radius 2 is 2.07 bits per heavy atom. The zero-order valence-corrected chi connectivity index (χ0v) is 17.3. The number of amides is 1. The van der Waals surface area contributed by atoms with Gasteiger partial charge in [0.05, 0.1) is 15.8 Å². The van der Waals surface area contributed by atoms with Crippen LogP contribution in [0.4, 0.5) is 0 Å². The zero-order chi connectivity index (χ0) is 19.7. The summed E-state index contributed by atoms with van der Waals surface area (Å²) in [5.41, 5.74) is 0.815. The second-order valence-corrected chi connectivity index (χ2v) is 9.01. The van der Waals surface area contributed by atoms with Gasteiger partial charge in [-0.3, -0.25) is 9.59 Å². The van der Waals surface area contributed by atoms with E-state index in [2.05, 4.69) is 17.3 Å². The predicted octanol–water partition coefficient (Wildman–Crippen LogP) is 4.39. The highest BCUT2D eigenvalue weighted by Crippen LogP contribution is 2.32. The van der Waals surface area contributed by atoms with Gasteiger partial charge in [-0.05, 0) is 38.2 Å². The third-order valence-corrected chi connectivity index (χ3v) is 7.15. The topological polar surface area (TPSA) is 64.0 Å². The summed E-state index contributed by atoms with van der Waals surface area (Å²) in [5.74, 6) is 0.643. The number of hydrogen-bond donors (Lipinski definition) is 1. The van der Waals surface area contributed by atoms with Gasteiger partial charge >= 0.3 is 0 Å². The number of thiophene rings is 1. The molecular weight excluding hydrogens is 370 g/mol. The normalized spacial score (nSPS) is 19.9. The molecule has 5 nitrogen and oxygen atoms in total. The average molecular weight is 398 g/mol. The third-order valence-electron chi connectivity index (χ3n) is 5.87. The van der Waals surface area contributed by atoms with Crippen molar-refractivity contribution >= 4 is 37.4 Å². The molecule has 28 heavy (non-hydrogen) atoms. The largest absolute Gasteiger partial charge is 0.353 e. The van der Waals surface area contributed by atoms with Crippen molar-refractivity contribution in [1.82, 2.24) is 15.1 Å². The molecule has 6 heteroatoms. The van der Waals surface area contributed by atoms with Crippen LogP contribution in [0.25, 0.3) is 20.2 Å². The van der Waals surface area contributed by atoms with Gasteiger partial charge < -0.3 is 5.32 Å². The molecule has 0 bridgehead atoms. The lowest BCUT2D eigenvalue weighted by molar-refractivity contribution is -0.122. The number of aromatic nitrogens is 2. The first-order valence-electron chi connectivity index (χ1n) is 10.2. The van der Waals surface area contributed by atoms with Crippen molar-refractivity contribution in [3.8, 4) is 0 Å². The van der Waals surface area contributed by atoms with E-state index >= 15 is 0 Å². The van der Waals surface area contributed by atoms with Crippen LogP contribution in [0.3, 0.4) is 0 Å². The van der Waals surface area contributed by atoms with Crippen molar-refractivity contribution in [3.05, 3.63) is 40.3 Å². The molecule has 1 fully saturated rings. The van der Waals surface area contributed by atoms with E-state index in [-0.39, 0.29) is 11.5 Å². The van der Waals surface area contributed by atoms with Crippen LogP contribution in [-0.2, 0) is 11.3 Å². The quantitative estimate of drug-likeness (QED) is 0.694. The summed E-state index contributed by atoms with van der Waals surface area (Å²) in [6.07, 6.45) is 5.78. The number of fused-ring (bicyclic) bond motifs is 3. The van der Waals surface area contributed by atoms with E-state index in [0.29, 0.717) is 31.3 Å². The molecular formula is C22H27N3O2S. The van der Waals surface area contributed by atoms with Crippen LogP contribution >= 0.6 is 11.3 Å². The van der Waals surface area contributed by atoms with E-state index in [1.54, 1.807) is 11.3 Å². The number of nitrogens with one attached hydrogen (secondary N) is 1. The van der Waals surface area contributed by atoms with E-state index in [4.69, 9.17) is 0 Å². The van der Waals surface area contributed by atoms with Crippen molar-refractivity contribution < 1.29 is 4.79 Å². The highest BCUT2D eigenvalue weighted by Gasteiger charge is 2.22. The smallest absolute Gasteiger partial charge is 0.276 e. The van der Waals surface area contributed by atoms with E-state index < -0.39 is 0 Å². The maximum absolute atomic E-state index is 13.0. The zero-order valence-electron chi connectivity index (χ0n) is 16.5. The second-order valence-electron chi connectivity index (χ2n) is 7.96. The maximum atomic E-state index is 13.0. The lowest BCUT2D eigenvalue weighted by Gasteiger charge is -2.29. The SMILES string of the molecule is Cc1nn(CCCC(=O)N[C@H]2CCCC[C@H]2C)c(=O)c2c1sc1ccccc12. The van der Waals surface area contributed by atoms with Crippen molar-refractivity contribution in [1.29, 1.82) is 0 Å². The molecule has 0 saturated heterocycles. The van der Waals surface area contributed by atoms with E-state index in [9.17, 15) is 9.59 Å². The highest BCUT2D eigenvalue weighted by atomic mass is 32.1. The molecule has 0 aliphatic heterocycles. The van der Waals surface area contributed by atoms with Gasteiger partial charge in [0.25, 0.3) is 5.56 Å². The summed E-state index contributed by atoms with van der Waals surface area (Å²) in [7, 11) is 0. The Balaban J connectivity index is 1.46. The number of rotatable bonds is 5. The first kappa shape index (κ1) is 19.1. The lowest BCUT2D eigenvalue weighted by Crippen LogP contribution is -2.41. The molecule has 1 aliphatic rings. The maximum Gasteiger partial charge on any atom is 0.276 e. The van der Waals surface area contributed by atoms with Crippen molar-refractivity contribution in [2.75, 3.05) is 0 Å². The standard InChI is InChI=1S/C22H27N3O2S/c1-14-8-3-5-10-17(14)23-19(26)12-7-13-25-22(27)20-16-9-4-6-11-18(16)28-21(20)15(2)24-25/h4,6,9,11,14,17H,3,5,7-8,10,12-13H2,1-2H3,(H,23,26)/t14-,17+/m1/s1. The molecule has 1 aromatic carbocycles. The minimum Gasteiger partial charge on any atom is -0.353 e. The van der Waals surface area contributed by atoms with Gasteiger partial charge in [-0.2, -0.15) is 5.10 Å². The van der Waals surface area contributed by atoms with Crippen LogP contribution in [0.5, 0.6) is 0 Å². The summed E-state index contributed by atoms with van der Waals surface area (Å²) >= 11 is 1.62. The van der Waals surface area contributed by atoms with Crippen molar-refractivity contribution in [3.63, 3.8) is 0 Å². The summed E-state index contributed by atoms with van der Waals surface area (Å²) in [6, 6.07) is 8.30. The molecule has 1 aliphatic carbocycles. The highest BCUT2D eigenvalue weighted by molar-refractivity contribution is 7.26. The van der Waals surface area contributed by atoms with Gasteiger partial charge in [0, 0.05) is 29.1 Å². The van der Waals surface area contributed by atoms with Crippen LogP contribution in [0, 0.1) is 12.8 Å². The average Bonchev–Trinajstić information content (AvgIpc) is 3.08. The Bertz CT molecular complexity index is 1070. The number of nitrogens with zero attached hydrogens (tertiary/aromatic N) is 2. The minimum atomic E-state index is -0.0561. The molecule has 2 atom stereocenters. The molecule has 4 rings (SSSR count). The Morgan fingerprint density at radius 1 is 1.29 bits per heavy atom. The summed E-state index contributed by atoms with van der Waals surface area (Å²) in [5, 5.41) is 9.44. The van der Waals surface area contributed by atoms with Gasteiger partial charge in [0.15, 0.2) is 0 Å². The molecule has 0 unspecified atom stereocenters. The summed E-state index contributed by atoms with van der Waals surface area (Å²) in [6.45, 7) is 4.63. The van der Waals surface area contributed by atoms with Gasteiger partial charge in [0.2, 0.25) is 5.91 Å². The van der Waals surface area contributed by atoms with Gasteiger partial charge in [-0.1, -0.05) is 38.0 Å². The van der Waals surface area contributed by atoms with Gasteiger partial charge in [0.1, 0.15) is 0 Å². The molecule has 0 spiro atoms. The number of carbonyl (C=O) groups excluding carboxylic acids is 1. The lowest BCUT2D eigenvalue weighted by atomic mass is 9.86. The number of carbonyl (C=O) groups is 1. The van der Waals surface area contributed by atoms with E-state index in [0.717, 1.165) is 32.3 Å². The van der Waals surface area contributed by atoms with Crippen LogP contribution in [0.1, 0.15) is 51.1 Å². The molecule has 1 saturated carbocycles. The Labute approximate surface area is 168 Å². The Kier molecular flexibility index (Phi) is 5.49. The monoisotopic (exact) mass is 397 g/mol. The van der Waals surface area contributed by atoms with Gasteiger partial charge in [-0.15, -0.1) is 11.3 Å². The summed E-state index contributed by atoms with van der Waals surface area (Å²) < 4.78 is 3.61. The predicted molar refractivity (Wildman–Crippen MR) is 115 cm³/mol. The van der Waals surface area contributed by atoms with Crippen molar-refractivity contribution in [2.45, 2.75) is 65.0 Å². The van der Waals surface area contributed by atoms with Gasteiger partial charge in [-0.25, -0.2) is 4.68 Å². The van der Waals surface area contributed by atoms with Crippen LogP contribution in [0.2, 0.25) is 0 Å². The molecule has 2 aromatic heterocycles. The minimum absolute atomic E-state index is 0.0561. The first-order chi connectivity index (χ1) is 13.5. The molecule has 148 valence electrons. The fourth-order valence-corrected chi connectivity index (χ4v) is 5.40. The number of hydrogen-bond acceptors (Lipinski definition) is 4. The van der Waals surface area contributed by atoms with E-state index in [1.165, 1.54) is 23.9 Å². The Hall–Kier alpha value is -2.21. The fourth-order valence-electron chi connectivity index (χ4n) is 4.26. The third kappa shape index (κ3) is 3.70. The molecule has 3 aromatic rings. The van der Waals surface area contributed by atoms with Crippen molar-refractivity contribution in [2.24, 2.45) is 5.92 Å². The van der Waals surface area contributed by atoms with Crippen LogP contribution in [-0.4, -0.2) is 21.7 Å².